The number of nitrogens with zero attached hydrogens (tertiary/aromatic N) is 1. The van der Waals surface area contributed by atoms with Gasteiger partial charge in [0.05, 0.1) is 0 Å². The molecule has 0 unspecified atom stereocenters. The summed E-state index contributed by atoms with van der Waals surface area (Å²) in [5.41, 5.74) is 0. The molecule has 2 aromatic rings. The average molecular weight is 242 g/mol. The van der Waals surface area contributed by atoms with Gasteiger partial charge in [-0.05, 0) is 36.4 Å². The predicted octanol–water partition coefficient (Wildman–Crippen LogP) is 3.79. The van der Waals surface area contributed by atoms with Crippen molar-refractivity contribution < 1.29 is 4.39 Å². The van der Waals surface area contributed by atoms with Crippen molar-refractivity contribution in [3.8, 4) is 0 Å². The van der Waals surface area contributed by atoms with Crippen molar-refractivity contribution in [3.05, 3.63) is 54.6 Å². The second-order valence-electron chi connectivity index (χ2n) is 2.74. The summed E-state index contributed by atoms with van der Waals surface area (Å²) < 4.78 is 12.6. The molecule has 0 amide bonds. The summed E-state index contributed by atoms with van der Waals surface area (Å²) in [7, 11) is 0. The predicted molar refractivity (Wildman–Crippen MR) is 62.0 cm³/mol. The van der Waals surface area contributed by atoms with Crippen LogP contribution in [0, 0.1) is 5.82 Å². The molecule has 0 aliphatic heterocycles. The highest BCUT2D eigenvalue weighted by Crippen LogP contribution is 2.26. The first kappa shape index (κ1) is 12.0. The van der Waals surface area contributed by atoms with Crippen LogP contribution < -0.4 is 0 Å². The van der Waals surface area contributed by atoms with Crippen LogP contribution in [-0.4, -0.2) is 4.98 Å². The van der Waals surface area contributed by atoms with E-state index in [9.17, 15) is 4.39 Å². The molecular weight excluding hydrogens is 233 g/mol. The number of pyridine rings is 1. The summed E-state index contributed by atoms with van der Waals surface area (Å²) in [4.78, 5) is 6.06. The second kappa shape index (κ2) is 5.73. The van der Waals surface area contributed by atoms with Crippen molar-refractivity contribution in [1.29, 1.82) is 0 Å². The summed E-state index contributed by atoms with van der Waals surface area (Å²) in [5, 5.41) is 0. The molecule has 0 aliphatic rings. The van der Waals surface area contributed by atoms with E-state index >= 15 is 0 Å². The van der Waals surface area contributed by atoms with Gasteiger partial charge in [0, 0.05) is 22.2 Å². The molecule has 0 aliphatic carbocycles. The van der Waals surface area contributed by atoms with Crippen LogP contribution >= 0.6 is 24.2 Å². The zero-order valence-corrected chi connectivity index (χ0v) is 9.39. The SMILES string of the molecule is Cl.Fc1ccc(Sc2ccncc2)cc1. The van der Waals surface area contributed by atoms with Gasteiger partial charge in [-0.3, -0.25) is 4.98 Å². The fourth-order valence-electron chi connectivity index (χ4n) is 1.04. The maximum absolute atomic E-state index is 12.6. The molecule has 4 heteroatoms. The summed E-state index contributed by atoms with van der Waals surface area (Å²) in [6.45, 7) is 0. The lowest BCUT2D eigenvalue weighted by Gasteiger charge is -1.99. The van der Waals surface area contributed by atoms with Crippen LogP contribution in [0.2, 0.25) is 0 Å². The Morgan fingerprint density at radius 3 is 2.00 bits per heavy atom. The van der Waals surface area contributed by atoms with Crippen LogP contribution in [-0.2, 0) is 0 Å². The molecule has 0 atom stereocenters. The van der Waals surface area contributed by atoms with Gasteiger partial charge in [0.1, 0.15) is 5.82 Å². The maximum Gasteiger partial charge on any atom is 0.123 e. The van der Waals surface area contributed by atoms with Crippen LogP contribution in [0.15, 0.2) is 58.6 Å². The smallest absolute Gasteiger partial charge is 0.123 e. The first-order valence-corrected chi connectivity index (χ1v) is 5.00. The highest BCUT2D eigenvalue weighted by Gasteiger charge is 1.96. The molecule has 0 N–H and O–H groups in total. The van der Waals surface area contributed by atoms with Crippen LogP contribution in [0.1, 0.15) is 0 Å². The normalized spacial score (nSPS) is 9.40. The first-order valence-electron chi connectivity index (χ1n) is 4.18. The molecule has 0 bridgehead atoms. The standard InChI is InChI=1S/C11H8FNS.ClH/c12-9-1-3-10(4-2-9)14-11-5-7-13-8-6-11;/h1-8H;1H. The van der Waals surface area contributed by atoms with Gasteiger partial charge < -0.3 is 0 Å². The third kappa shape index (κ3) is 3.53. The van der Waals surface area contributed by atoms with Gasteiger partial charge in [-0.1, -0.05) is 11.8 Å². The molecule has 0 radical (unpaired) electrons. The lowest BCUT2D eigenvalue weighted by Crippen LogP contribution is -1.76. The Morgan fingerprint density at radius 2 is 1.40 bits per heavy atom. The lowest BCUT2D eigenvalue weighted by atomic mass is 10.4. The number of halogens is 2. The van der Waals surface area contributed by atoms with E-state index in [0.29, 0.717) is 0 Å². The molecule has 1 nitrogen and oxygen atoms in total. The fraction of sp³-hybridized carbons (Fsp3) is 0. The maximum atomic E-state index is 12.6. The summed E-state index contributed by atoms with van der Waals surface area (Å²) in [6.07, 6.45) is 3.48. The molecule has 1 aromatic heterocycles. The number of hydrogen-bond donors (Lipinski definition) is 0. The second-order valence-corrected chi connectivity index (χ2v) is 3.89. The molecule has 0 spiro atoms. The topological polar surface area (TPSA) is 12.9 Å². The van der Waals surface area contributed by atoms with Crippen molar-refractivity contribution in [3.63, 3.8) is 0 Å². The molecule has 0 saturated heterocycles. The Balaban J connectivity index is 0.00000112. The molecule has 15 heavy (non-hydrogen) atoms. The lowest BCUT2D eigenvalue weighted by molar-refractivity contribution is 0.626. The Bertz CT molecular complexity index is 405. The van der Waals surface area contributed by atoms with Crippen molar-refractivity contribution in [2.24, 2.45) is 0 Å². The quantitative estimate of drug-likeness (QED) is 0.793. The molecule has 0 fully saturated rings. The van der Waals surface area contributed by atoms with Gasteiger partial charge in [-0.25, -0.2) is 4.39 Å². The van der Waals surface area contributed by atoms with Crippen LogP contribution in [0.4, 0.5) is 4.39 Å². The van der Waals surface area contributed by atoms with E-state index in [-0.39, 0.29) is 18.2 Å². The van der Waals surface area contributed by atoms with E-state index in [4.69, 9.17) is 0 Å². The Kier molecular flexibility index (Phi) is 4.59. The minimum atomic E-state index is -0.205. The molecule has 78 valence electrons. The van der Waals surface area contributed by atoms with Crippen molar-refractivity contribution in [2.75, 3.05) is 0 Å². The van der Waals surface area contributed by atoms with Crippen LogP contribution in [0.25, 0.3) is 0 Å². The van der Waals surface area contributed by atoms with Gasteiger partial charge in [-0.2, -0.15) is 0 Å². The van der Waals surface area contributed by atoms with E-state index in [1.165, 1.54) is 12.1 Å². The molecule has 2 rings (SSSR count). The highest BCUT2D eigenvalue weighted by molar-refractivity contribution is 7.99. The van der Waals surface area contributed by atoms with E-state index in [0.717, 1.165) is 9.79 Å². The summed E-state index contributed by atoms with van der Waals surface area (Å²) in [6, 6.07) is 10.3. The van der Waals surface area contributed by atoms with Crippen molar-refractivity contribution >= 4 is 24.2 Å². The van der Waals surface area contributed by atoms with Crippen molar-refractivity contribution in [1.82, 2.24) is 4.98 Å². The number of hydrogen-bond acceptors (Lipinski definition) is 2. The minimum Gasteiger partial charge on any atom is -0.265 e. The zero-order valence-electron chi connectivity index (χ0n) is 7.76. The van der Waals surface area contributed by atoms with E-state index in [1.807, 2.05) is 12.1 Å². The first-order chi connectivity index (χ1) is 6.84. The summed E-state index contributed by atoms with van der Waals surface area (Å²) >= 11 is 1.59. The van der Waals surface area contributed by atoms with E-state index in [1.54, 1.807) is 36.3 Å². The van der Waals surface area contributed by atoms with Gasteiger partial charge in [0.2, 0.25) is 0 Å². The van der Waals surface area contributed by atoms with Gasteiger partial charge >= 0.3 is 0 Å². The highest BCUT2D eigenvalue weighted by atomic mass is 35.5. The Labute approximate surface area is 98.1 Å². The average Bonchev–Trinajstić information content (AvgIpc) is 2.23. The third-order valence-electron chi connectivity index (χ3n) is 1.70. The fourth-order valence-corrected chi connectivity index (χ4v) is 1.85. The number of benzene rings is 1. The third-order valence-corrected chi connectivity index (χ3v) is 2.71. The minimum absolute atomic E-state index is 0. The molecular formula is C11H9ClFNS. The van der Waals surface area contributed by atoms with Crippen LogP contribution in [0.5, 0.6) is 0 Å². The van der Waals surface area contributed by atoms with Crippen molar-refractivity contribution in [2.45, 2.75) is 9.79 Å². The molecule has 1 heterocycles. The monoisotopic (exact) mass is 241 g/mol. The number of aromatic nitrogens is 1. The van der Waals surface area contributed by atoms with Gasteiger partial charge in [0.25, 0.3) is 0 Å². The Hall–Kier alpha value is -1.06. The number of rotatable bonds is 2. The van der Waals surface area contributed by atoms with Crippen LogP contribution in [0.3, 0.4) is 0 Å². The van der Waals surface area contributed by atoms with E-state index in [2.05, 4.69) is 4.98 Å². The largest absolute Gasteiger partial charge is 0.265 e. The summed E-state index contributed by atoms with van der Waals surface area (Å²) in [5.74, 6) is -0.205. The molecule has 1 aromatic carbocycles. The zero-order chi connectivity index (χ0) is 9.80. The van der Waals surface area contributed by atoms with Gasteiger partial charge in [-0.15, -0.1) is 12.4 Å². The van der Waals surface area contributed by atoms with E-state index < -0.39 is 0 Å². The van der Waals surface area contributed by atoms with Gasteiger partial charge in [0.15, 0.2) is 0 Å². The Morgan fingerprint density at radius 1 is 0.867 bits per heavy atom. The molecule has 0 saturated carbocycles.